The van der Waals surface area contributed by atoms with Crippen LogP contribution < -0.4 is 0 Å². The molecule has 0 aromatic carbocycles. The van der Waals surface area contributed by atoms with Gasteiger partial charge in [-0.05, 0) is 44.9 Å². The van der Waals surface area contributed by atoms with E-state index in [9.17, 15) is 14.4 Å². The molecule has 0 atom stereocenters. The van der Waals surface area contributed by atoms with Crippen molar-refractivity contribution >= 4 is 17.9 Å². The maximum Gasteiger partial charge on any atom is 0.303 e. The second kappa shape index (κ2) is 63.2. The van der Waals surface area contributed by atoms with Gasteiger partial charge < -0.3 is 15.3 Å². The third-order valence-electron chi connectivity index (χ3n) is 12.6. The number of rotatable bonds is 51. The molecule has 0 aliphatic heterocycles. The first-order valence-corrected chi connectivity index (χ1v) is 28.6. The molecule has 6 nitrogen and oxygen atoms in total. The van der Waals surface area contributed by atoms with Crippen molar-refractivity contribution in [3.63, 3.8) is 0 Å². The van der Waals surface area contributed by atoms with Gasteiger partial charge in [-0.3, -0.25) is 14.4 Å². The molecule has 6 heteroatoms. The van der Waals surface area contributed by atoms with Crippen LogP contribution in [0.5, 0.6) is 0 Å². The van der Waals surface area contributed by atoms with Crippen LogP contribution >= 0.6 is 0 Å². The Labute approximate surface area is 400 Å². The van der Waals surface area contributed by atoms with Crippen molar-refractivity contribution in [3.05, 3.63) is 12.2 Å². The van der Waals surface area contributed by atoms with Gasteiger partial charge in [-0.25, -0.2) is 0 Å². The molecule has 0 aromatic rings. The Morgan fingerprint density at radius 3 is 0.531 bits per heavy atom. The van der Waals surface area contributed by atoms with Crippen LogP contribution in [0.1, 0.15) is 342 Å². The van der Waals surface area contributed by atoms with E-state index in [1.807, 2.05) is 0 Å². The fourth-order valence-corrected chi connectivity index (χ4v) is 8.35. The predicted octanol–water partition coefficient (Wildman–Crippen LogP) is 20.3. The van der Waals surface area contributed by atoms with Crippen LogP contribution in [0, 0.1) is 0 Å². The van der Waals surface area contributed by atoms with E-state index < -0.39 is 17.9 Å². The number of unbranched alkanes of at least 4 members (excludes halogenated alkanes) is 43. The smallest absolute Gasteiger partial charge is 0.303 e. The summed E-state index contributed by atoms with van der Waals surface area (Å²) in [5.41, 5.74) is 0. The minimum absolute atomic E-state index is 0.332. The van der Waals surface area contributed by atoms with Crippen molar-refractivity contribution in [2.75, 3.05) is 0 Å². The van der Waals surface area contributed by atoms with Gasteiger partial charge in [0.1, 0.15) is 0 Å². The van der Waals surface area contributed by atoms with Crippen molar-refractivity contribution in [2.24, 2.45) is 0 Å². The first-order valence-electron chi connectivity index (χ1n) is 28.6. The lowest BCUT2D eigenvalue weighted by atomic mass is 10.0. The highest BCUT2D eigenvalue weighted by atomic mass is 16.4. The molecule has 382 valence electrons. The van der Waals surface area contributed by atoms with Crippen LogP contribution in [-0.4, -0.2) is 33.2 Å². The molecular weight excluding hydrogens is 793 g/mol. The molecule has 0 saturated heterocycles. The van der Waals surface area contributed by atoms with Crippen LogP contribution in [0.4, 0.5) is 0 Å². The van der Waals surface area contributed by atoms with Crippen molar-refractivity contribution in [2.45, 2.75) is 342 Å². The van der Waals surface area contributed by atoms with Crippen molar-refractivity contribution in [1.29, 1.82) is 0 Å². The summed E-state index contributed by atoms with van der Waals surface area (Å²) in [6, 6.07) is 0. The molecule has 0 aliphatic carbocycles. The largest absolute Gasteiger partial charge is 0.481 e. The molecule has 0 unspecified atom stereocenters. The molecule has 0 bridgehead atoms. The zero-order chi connectivity index (χ0) is 47.5. The predicted molar refractivity (Wildman–Crippen MR) is 280 cm³/mol. The Kier molecular flexibility index (Phi) is 65.6. The molecule has 0 aromatic heterocycles. The van der Waals surface area contributed by atoms with Gasteiger partial charge >= 0.3 is 17.9 Å². The summed E-state index contributed by atoms with van der Waals surface area (Å²) in [7, 11) is 0. The Hall–Kier alpha value is -1.85. The number of aliphatic carboxylic acids is 3. The number of carboxylic acid groups (broad SMARTS) is 3. The number of carboxylic acids is 3. The third kappa shape index (κ3) is 74.5. The third-order valence-corrected chi connectivity index (χ3v) is 12.6. The Bertz CT molecular complexity index is 916. The van der Waals surface area contributed by atoms with E-state index in [1.165, 1.54) is 263 Å². The molecule has 0 rings (SSSR count). The van der Waals surface area contributed by atoms with Gasteiger partial charge in [0.15, 0.2) is 0 Å². The van der Waals surface area contributed by atoms with Crippen molar-refractivity contribution in [1.82, 2.24) is 0 Å². The normalized spacial score (nSPS) is 11.0. The number of hydrogen-bond acceptors (Lipinski definition) is 3. The minimum Gasteiger partial charge on any atom is -0.481 e. The summed E-state index contributed by atoms with van der Waals surface area (Å²) in [5.74, 6) is -1.97. The standard InChI is InChI=1S/C22H44O2.C18H36O2.C18H34O2/c1-2-3-4-5-6-7-8-9-10-11-12-13-14-15-16-17-18-19-20-21-22(23)24;2*1-2-3-4-5-6-7-8-9-10-11-12-13-14-15-16-17-18(19)20/h2-21H2,1H3,(H,23,24);2-17H2,1H3,(H,19,20);9-10H,2-8,11-17H2,1H3,(H,19,20)/b;;10-9-. The number of allylic oxidation sites excluding steroid dienone is 2. The Balaban J connectivity index is -0.000000878. The maximum atomic E-state index is 10.4. The van der Waals surface area contributed by atoms with Gasteiger partial charge in [-0.15, -0.1) is 0 Å². The van der Waals surface area contributed by atoms with E-state index in [2.05, 4.69) is 32.9 Å². The highest BCUT2D eigenvalue weighted by molar-refractivity contribution is 5.67. The molecule has 0 saturated carbocycles. The van der Waals surface area contributed by atoms with E-state index in [0.717, 1.165) is 38.5 Å². The fourth-order valence-electron chi connectivity index (χ4n) is 8.35. The van der Waals surface area contributed by atoms with Crippen LogP contribution in [0.15, 0.2) is 12.2 Å². The van der Waals surface area contributed by atoms with E-state index in [0.29, 0.717) is 19.3 Å². The van der Waals surface area contributed by atoms with Gasteiger partial charge in [0.2, 0.25) is 0 Å². The monoisotopic (exact) mass is 907 g/mol. The topological polar surface area (TPSA) is 112 Å². The number of carbonyl (C=O) groups is 3. The van der Waals surface area contributed by atoms with E-state index in [1.54, 1.807) is 0 Å². The fraction of sp³-hybridized carbons (Fsp3) is 0.914. The lowest BCUT2D eigenvalue weighted by Gasteiger charge is -2.03. The molecule has 3 N–H and O–H groups in total. The molecule has 0 heterocycles. The zero-order valence-electron chi connectivity index (χ0n) is 43.6. The van der Waals surface area contributed by atoms with Crippen molar-refractivity contribution < 1.29 is 29.7 Å². The van der Waals surface area contributed by atoms with E-state index in [4.69, 9.17) is 15.3 Å². The van der Waals surface area contributed by atoms with Gasteiger partial charge in [0.05, 0.1) is 0 Å². The SMILES string of the molecule is CCCCCCCC/C=C\CCCCCCCC(=O)O.CCCCCCCCCCCCCCCCCC(=O)O.CCCCCCCCCCCCCCCCCCCCCC(=O)O. The lowest BCUT2D eigenvalue weighted by Crippen LogP contribution is -1.93. The summed E-state index contributed by atoms with van der Waals surface area (Å²) in [6.45, 7) is 6.81. The van der Waals surface area contributed by atoms with Crippen molar-refractivity contribution in [3.8, 4) is 0 Å². The zero-order valence-corrected chi connectivity index (χ0v) is 43.6. The Morgan fingerprint density at radius 1 is 0.234 bits per heavy atom. The molecule has 0 amide bonds. The average molecular weight is 908 g/mol. The molecule has 0 radical (unpaired) electrons. The number of hydrogen-bond donors (Lipinski definition) is 3. The van der Waals surface area contributed by atoms with Gasteiger partial charge in [0.25, 0.3) is 0 Å². The second-order valence-electron chi connectivity index (χ2n) is 19.3. The van der Waals surface area contributed by atoms with E-state index >= 15 is 0 Å². The summed E-state index contributed by atoms with van der Waals surface area (Å²) >= 11 is 0. The quantitative estimate of drug-likeness (QED) is 0.0414. The first kappa shape index (κ1) is 66.4. The molecule has 0 spiro atoms. The summed E-state index contributed by atoms with van der Waals surface area (Å²) in [5, 5.41) is 25.6. The summed E-state index contributed by atoms with van der Waals surface area (Å²) in [6.07, 6.45) is 67.5. The highest BCUT2D eigenvalue weighted by Crippen LogP contribution is 2.16. The second-order valence-corrected chi connectivity index (χ2v) is 19.3. The maximum absolute atomic E-state index is 10.4. The minimum atomic E-state index is -0.664. The Morgan fingerprint density at radius 2 is 0.375 bits per heavy atom. The van der Waals surface area contributed by atoms with Crippen LogP contribution in [0.25, 0.3) is 0 Å². The average Bonchev–Trinajstić information content (AvgIpc) is 3.27. The lowest BCUT2D eigenvalue weighted by molar-refractivity contribution is -0.138. The summed E-state index contributed by atoms with van der Waals surface area (Å²) in [4.78, 5) is 31.0. The first-order chi connectivity index (χ1) is 31.3. The highest BCUT2D eigenvalue weighted by Gasteiger charge is 2.00. The van der Waals surface area contributed by atoms with Gasteiger partial charge in [0, 0.05) is 19.3 Å². The van der Waals surface area contributed by atoms with E-state index in [-0.39, 0.29) is 0 Å². The molecule has 64 heavy (non-hydrogen) atoms. The van der Waals surface area contributed by atoms with Gasteiger partial charge in [-0.1, -0.05) is 290 Å². The molecule has 0 aliphatic rings. The van der Waals surface area contributed by atoms with Crippen LogP contribution in [0.2, 0.25) is 0 Å². The van der Waals surface area contributed by atoms with Crippen LogP contribution in [0.3, 0.4) is 0 Å². The summed E-state index contributed by atoms with van der Waals surface area (Å²) < 4.78 is 0. The van der Waals surface area contributed by atoms with Crippen LogP contribution in [-0.2, 0) is 14.4 Å². The molecular formula is C58H114O6. The molecule has 0 fully saturated rings. The van der Waals surface area contributed by atoms with Gasteiger partial charge in [-0.2, -0.15) is 0 Å².